The summed E-state index contributed by atoms with van der Waals surface area (Å²) in [5, 5.41) is 9.07. The average molecular weight is 375 g/mol. The predicted molar refractivity (Wildman–Crippen MR) is 90.9 cm³/mol. The minimum Gasteiger partial charge on any atom is -0.748 e. The van der Waals surface area contributed by atoms with Crippen LogP contribution in [0, 0.1) is 0 Å². The molecule has 0 amide bonds. The fraction of sp³-hybridized carbons (Fsp3) is 1.00. The van der Waals surface area contributed by atoms with E-state index in [0.717, 1.165) is 38.5 Å². The standard InChI is InChI=1S/C17H36O4S.K/c1-3-5-7-9-10-11-13-16(18)15-17(22(19,20)21)14-12-8-6-4-2;/h16-18H,3-15H2,1-2H3,(H,19,20,21);/q;+1/p-1. The summed E-state index contributed by atoms with van der Waals surface area (Å²) in [6.07, 6.45) is 11.1. The van der Waals surface area contributed by atoms with Gasteiger partial charge in [0.1, 0.15) is 0 Å². The molecule has 0 aromatic rings. The third-order valence-electron chi connectivity index (χ3n) is 4.21. The summed E-state index contributed by atoms with van der Waals surface area (Å²) in [6, 6.07) is 0. The number of aliphatic hydroxyl groups excluding tert-OH is 1. The largest absolute Gasteiger partial charge is 1.00 e. The van der Waals surface area contributed by atoms with Crippen LogP contribution in [0.5, 0.6) is 0 Å². The number of aliphatic hydroxyl groups is 1. The van der Waals surface area contributed by atoms with Crippen LogP contribution < -0.4 is 51.4 Å². The van der Waals surface area contributed by atoms with Gasteiger partial charge in [0.2, 0.25) is 0 Å². The molecule has 0 aromatic heterocycles. The quantitative estimate of drug-likeness (QED) is 0.267. The van der Waals surface area contributed by atoms with E-state index in [1.54, 1.807) is 0 Å². The Bertz CT molecular complexity index is 347. The molecule has 0 fully saturated rings. The second-order valence-electron chi connectivity index (χ2n) is 6.41. The second-order valence-corrected chi connectivity index (χ2v) is 8.06. The van der Waals surface area contributed by atoms with Gasteiger partial charge < -0.3 is 9.66 Å². The minimum absolute atomic E-state index is 0. The molecule has 0 bridgehead atoms. The molecule has 1 N–H and O–H groups in total. The molecular weight excluding hydrogens is 339 g/mol. The Morgan fingerprint density at radius 3 is 1.78 bits per heavy atom. The van der Waals surface area contributed by atoms with Gasteiger partial charge in [0.25, 0.3) is 0 Å². The van der Waals surface area contributed by atoms with Crippen molar-refractivity contribution >= 4 is 10.1 Å². The fourth-order valence-corrected chi connectivity index (χ4v) is 3.67. The van der Waals surface area contributed by atoms with Crippen molar-refractivity contribution in [1.82, 2.24) is 0 Å². The van der Waals surface area contributed by atoms with Crippen LogP contribution >= 0.6 is 0 Å². The average Bonchev–Trinajstić information content (AvgIpc) is 2.45. The zero-order chi connectivity index (χ0) is 16.8. The molecule has 0 aromatic carbocycles. The summed E-state index contributed by atoms with van der Waals surface area (Å²) >= 11 is 0. The maximum absolute atomic E-state index is 11.3. The third kappa shape index (κ3) is 16.7. The maximum Gasteiger partial charge on any atom is 1.00 e. The van der Waals surface area contributed by atoms with Gasteiger partial charge in [0, 0.05) is 0 Å². The van der Waals surface area contributed by atoms with Crippen LogP contribution in [0.4, 0.5) is 0 Å². The van der Waals surface area contributed by atoms with Crippen LogP contribution in [0.15, 0.2) is 0 Å². The molecule has 0 saturated heterocycles. The number of hydrogen-bond acceptors (Lipinski definition) is 4. The summed E-state index contributed by atoms with van der Waals surface area (Å²) in [4.78, 5) is 0. The number of unbranched alkanes of at least 4 members (excludes halogenated alkanes) is 8. The summed E-state index contributed by atoms with van der Waals surface area (Å²) < 4.78 is 33.9. The van der Waals surface area contributed by atoms with E-state index in [4.69, 9.17) is 0 Å². The molecule has 0 radical (unpaired) electrons. The van der Waals surface area contributed by atoms with Gasteiger partial charge in [0.05, 0.1) is 21.5 Å². The summed E-state index contributed by atoms with van der Waals surface area (Å²) in [5.41, 5.74) is 0. The molecule has 2 atom stereocenters. The van der Waals surface area contributed by atoms with E-state index >= 15 is 0 Å². The van der Waals surface area contributed by atoms with Crippen LogP contribution in [-0.2, 0) is 10.1 Å². The second kappa shape index (κ2) is 16.9. The van der Waals surface area contributed by atoms with Gasteiger partial charge in [-0.25, -0.2) is 8.42 Å². The maximum atomic E-state index is 11.3. The van der Waals surface area contributed by atoms with Crippen LogP contribution in [0.1, 0.15) is 97.3 Å². The van der Waals surface area contributed by atoms with Crippen molar-refractivity contribution in [2.75, 3.05) is 0 Å². The van der Waals surface area contributed by atoms with E-state index in [0.29, 0.717) is 12.8 Å². The zero-order valence-corrected chi connectivity index (χ0v) is 19.4. The van der Waals surface area contributed by atoms with Gasteiger partial charge in [-0.3, -0.25) is 0 Å². The molecule has 23 heavy (non-hydrogen) atoms. The minimum atomic E-state index is -4.30. The van der Waals surface area contributed by atoms with E-state index in [9.17, 15) is 18.1 Å². The molecule has 6 heteroatoms. The number of hydrogen-bond donors (Lipinski definition) is 1. The summed E-state index contributed by atoms with van der Waals surface area (Å²) in [7, 11) is -4.30. The molecule has 2 unspecified atom stereocenters. The first-order valence-corrected chi connectivity index (χ1v) is 10.5. The molecule has 0 aliphatic heterocycles. The topological polar surface area (TPSA) is 77.4 Å². The Morgan fingerprint density at radius 2 is 1.26 bits per heavy atom. The van der Waals surface area contributed by atoms with E-state index in [1.807, 2.05) is 0 Å². The van der Waals surface area contributed by atoms with Gasteiger partial charge in [-0.05, 0) is 19.3 Å². The van der Waals surface area contributed by atoms with E-state index in [-0.39, 0.29) is 57.8 Å². The monoisotopic (exact) mass is 374 g/mol. The Kier molecular flexibility index (Phi) is 19.7. The summed E-state index contributed by atoms with van der Waals surface area (Å²) in [5.74, 6) is 0. The van der Waals surface area contributed by atoms with Crippen LogP contribution in [0.25, 0.3) is 0 Å². The first kappa shape index (κ1) is 26.7. The first-order valence-electron chi connectivity index (χ1n) is 9.04. The van der Waals surface area contributed by atoms with E-state index < -0.39 is 21.5 Å². The van der Waals surface area contributed by atoms with Gasteiger partial charge >= 0.3 is 51.4 Å². The van der Waals surface area contributed by atoms with Crippen molar-refractivity contribution in [3.63, 3.8) is 0 Å². The van der Waals surface area contributed by atoms with Crippen molar-refractivity contribution < 1.29 is 69.5 Å². The zero-order valence-electron chi connectivity index (χ0n) is 15.4. The van der Waals surface area contributed by atoms with E-state index in [1.165, 1.54) is 25.7 Å². The molecule has 4 nitrogen and oxygen atoms in total. The van der Waals surface area contributed by atoms with Gasteiger partial charge in [0.15, 0.2) is 0 Å². The molecule has 0 spiro atoms. The molecule has 134 valence electrons. The first-order chi connectivity index (χ1) is 10.4. The molecule has 0 heterocycles. The Balaban J connectivity index is 0. The molecular formula is C17H35KO4S. The molecule has 0 aliphatic carbocycles. The Morgan fingerprint density at radius 1 is 0.826 bits per heavy atom. The normalized spacial score (nSPS) is 14.3. The fourth-order valence-electron chi connectivity index (χ4n) is 2.76. The van der Waals surface area contributed by atoms with Crippen LogP contribution in [-0.4, -0.2) is 29.4 Å². The Hall–Kier alpha value is 1.51. The number of rotatable bonds is 15. The van der Waals surface area contributed by atoms with Gasteiger partial charge in [-0.2, -0.15) is 0 Å². The van der Waals surface area contributed by atoms with Crippen molar-refractivity contribution in [2.24, 2.45) is 0 Å². The van der Waals surface area contributed by atoms with Crippen molar-refractivity contribution in [2.45, 2.75) is 109 Å². The Labute approximate surface area is 186 Å². The van der Waals surface area contributed by atoms with Crippen LogP contribution in [0.3, 0.4) is 0 Å². The summed E-state index contributed by atoms with van der Waals surface area (Å²) in [6.45, 7) is 4.26. The predicted octanol–water partition coefficient (Wildman–Crippen LogP) is 1.38. The van der Waals surface area contributed by atoms with Crippen molar-refractivity contribution in [3.05, 3.63) is 0 Å². The van der Waals surface area contributed by atoms with Crippen molar-refractivity contribution in [3.8, 4) is 0 Å². The van der Waals surface area contributed by atoms with Crippen molar-refractivity contribution in [1.29, 1.82) is 0 Å². The van der Waals surface area contributed by atoms with E-state index in [2.05, 4.69) is 13.8 Å². The molecule has 0 rings (SSSR count). The van der Waals surface area contributed by atoms with Crippen LogP contribution in [0.2, 0.25) is 0 Å². The molecule has 0 saturated carbocycles. The van der Waals surface area contributed by atoms with Gasteiger partial charge in [-0.15, -0.1) is 0 Å². The SMILES string of the molecule is CCCCCCCCC(O)CC(CCCCCC)S(=O)(=O)[O-].[K+]. The third-order valence-corrected chi connectivity index (χ3v) is 5.46. The van der Waals surface area contributed by atoms with Gasteiger partial charge in [-0.1, -0.05) is 78.1 Å². The molecule has 0 aliphatic rings. The smallest absolute Gasteiger partial charge is 0.748 e.